The molecule has 0 saturated carbocycles. The summed E-state index contributed by atoms with van der Waals surface area (Å²) in [6.07, 6.45) is 1.58. The third kappa shape index (κ3) is 6.43. The first-order chi connectivity index (χ1) is 22.4. The van der Waals surface area contributed by atoms with Gasteiger partial charge < -0.3 is 15.4 Å². The summed E-state index contributed by atoms with van der Waals surface area (Å²) in [6, 6.07) is 39.1. The molecule has 0 aliphatic carbocycles. The number of nitrogens with one attached hydrogen (secondary N) is 2. The lowest BCUT2D eigenvalue weighted by Gasteiger charge is -2.15. The third-order valence-corrected chi connectivity index (χ3v) is 8.60. The molecule has 7 nitrogen and oxygen atoms in total. The Balaban J connectivity index is 1.24. The Bertz CT molecular complexity index is 2050. The standard InChI is InChI=1S/C38H31N3O4S/c1-25(38(44)41-33-20-9-7-18-30(33)31-19-8-10-21-34(31)41)46-29-17-12-16-28(24-29)39-37(43)32(23-27-15-6-11-22-35(27)45-2)40-36(42)26-13-4-3-5-14-26/h3-25H,1-2H3,(H,39,43)(H,40,42)/b32-23+. The number of methoxy groups -OCH3 is 1. The summed E-state index contributed by atoms with van der Waals surface area (Å²) in [4.78, 5) is 41.3. The van der Waals surface area contributed by atoms with Crippen LogP contribution in [0.1, 0.15) is 27.6 Å². The second kappa shape index (κ2) is 13.6. The lowest BCUT2D eigenvalue weighted by Crippen LogP contribution is -2.30. The molecule has 1 unspecified atom stereocenters. The molecular formula is C38H31N3O4S. The van der Waals surface area contributed by atoms with Gasteiger partial charge in [-0.3, -0.25) is 19.0 Å². The molecule has 1 atom stereocenters. The molecule has 6 aromatic rings. The van der Waals surface area contributed by atoms with E-state index in [1.165, 1.54) is 11.8 Å². The largest absolute Gasteiger partial charge is 0.496 e. The van der Waals surface area contributed by atoms with Crippen molar-refractivity contribution in [3.05, 3.63) is 144 Å². The molecular weight excluding hydrogens is 595 g/mol. The molecule has 1 aromatic heterocycles. The van der Waals surface area contributed by atoms with Gasteiger partial charge in [0, 0.05) is 32.5 Å². The summed E-state index contributed by atoms with van der Waals surface area (Å²) < 4.78 is 7.25. The molecule has 0 spiro atoms. The molecule has 0 aliphatic heterocycles. The fraction of sp³-hybridized carbons (Fsp3) is 0.0789. The normalized spacial score (nSPS) is 12.1. The van der Waals surface area contributed by atoms with E-state index in [1.807, 2.05) is 91.9 Å². The Morgan fingerprint density at radius 3 is 2.09 bits per heavy atom. The van der Waals surface area contributed by atoms with Gasteiger partial charge in [0.1, 0.15) is 11.4 Å². The van der Waals surface area contributed by atoms with Gasteiger partial charge in [0.05, 0.1) is 23.4 Å². The molecule has 0 bridgehead atoms. The number of aromatic nitrogens is 1. The number of amides is 2. The van der Waals surface area contributed by atoms with Crippen LogP contribution in [0.5, 0.6) is 5.75 Å². The van der Waals surface area contributed by atoms with Crippen molar-refractivity contribution in [3.8, 4) is 5.75 Å². The van der Waals surface area contributed by atoms with Crippen molar-refractivity contribution in [3.63, 3.8) is 0 Å². The minimum atomic E-state index is -0.508. The van der Waals surface area contributed by atoms with Crippen LogP contribution in [0.2, 0.25) is 0 Å². The van der Waals surface area contributed by atoms with Gasteiger partial charge in [-0.05, 0) is 61.5 Å². The zero-order valence-corrected chi connectivity index (χ0v) is 26.1. The molecule has 0 saturated heterocycles. The number of fused-ring (bicyclic) bond motifs is 3. The number of carbonyl (C=O) groups excluding carboxylic acids is 3. The van der Waals surface area contributed by atoms with Crippen LogP contribution < -0.4 is 15.4 Å². The average molecular weight is 626 g/mol. The molecule has 0 fully saturated rings. The minimum absolute atomic E-state index is 0.0394. The second-order valence-electron chi connectivity index (χ2n) is 10.6. The highest BCUT2D eigenvalue weighted by Gasteiger charge is 2.22. The first-order valence-corrected chi connectivity index (χ1v) is 15.6. The van der Waals surface area contributed by atoms with Crippen LogP contribution in [0.4, 0.5) is 5.69 Å². The molecule has 8 heteroatoms. The van der Waals surface area contributed by atoms with Crippen molar-refractivity contribution in [2.75, 3.05) is 12.4 Å². The molecule has 228 valence electrons. The van der Waals surface area contributed by atoms with Crippen LogP contribution in [0, 0.1) is 0 Å². The summed E-state index contributed by atoms with van der Waals surface area (Å²) >= 11 is 1.41. The molecule has 46 heavy (non-hydrogen) atoms. The topological polar surface area (TPSA) is 89.4 Å². The zero-order chi connectivity index (χ0) is 32.0. The molecule has 0 radical (unpaired) electrons. The van der Waals surface area contributed by atoms with E-state index in [2.05, 4.69) is 10.6 Å². The fourth-order valence-corrected chi connectivity index (χ4v) is 6.29. The van der Waals surface area contributed by atoms with Crippen molar-refractivity contribution in [1.29, 1.82) is 0 Å². The Kier molecular flexibility index (Phi) is 8.98. The molecule has 2 amide bonds. The number of rotatable bonds is 9. The summed E-state index contributed by atoms with van der Waals surface area (Å²) in [7, 11) is 1.55. The van der Waals surface area contributed by atoms with E-state index in [4.69, 9.17) is 4.74 Å². The maximum absolute atomic E-state index is 13.9. The van der Waals surface area contributed by atoms with E-state index in [1.54, 1.807) is 60.2 Å². The quantitative estimate of drug-likeness (QED) is 0.125. The Morgan fingerprint density at radius 1 is 0.761 bits per heavy atom. The van der Waals surface area contributed by atoms with Crippen LogP contribution in [0.15, 0.2) is 138 Å². The number of anilines is 1. The number of hydrogen-bond donors (Lipinski definition) is 2. The van der Waals surface area contributed by atoms with Crippen molar-refractivity contribution in [2.45, 2.75) is 17.1 Å². The molecule has 0 aliphatic rings. The lowest BCUT2D eigenvalue weighted by molar-refractivity contribution is -0.113. The van der Waals surface area contributed by atoms with E-state index in [0.717, 1.165) is 26.7 Å². The summed E-state index contributed by atoms with van der Waals surface area (Å²) in [5.41, 5.74) is 3.35. The highest BCUT2D eigenvalue weighted by atomic mass is 32.2. The van der Waals surface area contributed by atoms with Crippen molar-refractivity contribution < 1.29 is 19.1 Å². The van der Waals surface area contributed by atoms with Crippen LogP contribution in [0.3, 0.4) is 0 Å². The van der Waals surface area contributed by atoms with Gasteiger partial charge >= 0.3 is 0 Å². The minimum Gasteiger partial charge on any atom is -0.496 e. The Morgan fingerprint density at radius 2 is 1.39 bits per heavy atom. The lowest BCUT2D eigenvalue weighted by atomic mass is 10.1. The number of thioether (sulfide) groups is 1. The number of carbonyl (C=O) groups is 3. The fourth-order valence-electron chi connectivity index (χ4n) is 5.33. The second-order valence-corrected chi connectivity index (χ2v) is 12.0. The molecule has 2 N–H and O–H groups in total. The van der Waals surface area contributed by atoms with E-state index < -0.39 is 17.1 Å². The van der Waals surface area contributed by atoms with Gasteiger partial charge in [-0.25, -0.2) is 0 Å². The first kappa shape index (κ1) is 30.4. The van der Waals surface area contributed by atoms with Crippen molar-refractivity contribution >= 4 is 63.1 Å². The number of nitrogens with zero attached hydrogens (tertiary/aromatic N) is 1. The maximum atomic E-state index is 13.9. The summed E-state index contributed by atoms with van der Waals surface area (Å²) in [5, 5.41) is 7.31. The van der Waals surface area contributed by atoms with Gasteiger partial charge in [0.15, 0.2) is 0 Å². The number of ether oxygens (including phenoxy) is 1. The smallest absolute Gasteiger partial charge is 0.272 e. The predicted molar refractivity (Wildman–Crippen MR) is 185 cm³/mol. The number of benzene rings is 5. The van der Waals surface area contributed by atoms with Gasteiger partial charge in [-0.15, -0.1) is 11.8 Å². The number of hydrogen-bond acceptors (Lipinski definition) is 5. The highest BCUT2D eigenvalue weighted by Crippen LogP contribution is 2.32. The zero-order valence-electron chi connectivity index (χ0n) is 25.3. The van der Waals surface area contributed by atoms with Crippen molar-refractivity contribution in [1.82, 2.24) is 9.88 Å². The van der Waals surface area contributed by atoms with Gasteiger partial charge in [-0.1, -0.05) is 78.9 Å². The summed E-state index contributed by atoms with van der Waals surface area (Å²) in [5.74, 6) is -0.408. The van der Waals surface area contributed by atoms with Crippen LogP contribution in [-0.2, 0) is 4.79 Å². The number of para-hydroxylation sites is 3. The SMILES string of the molecule is COc1ccccc1/C=C(/NC(=O)c1ccccc1)C(=O)Nc1cccc(SC(C)C(=O)n2c3ccccc3c3ccccc32)c1. The Labute approximate surface area is 270 Å². The van der Waals surface area contributed by atoms with E-state index in [9.17, 15) is 14.4 Å². The van der Waals surface area contributed by atoms with Crippen LogP contribution in [0.25, 0.3) is 27.9 Å². The first-order valence-electron chi connectivity index (χ1n) is 14.7. The molecule has 1 heterocycles. The average Bonchev–Trinajstić information content (AvgIpc) is 3.42. The van der Waals surface area contributed by atoms with Gasteiger partial charge in [0.25, 0.3) is 11.8 Å². The molecule has 6 rings (SSSR count). The predicted octanol–water partition coefficient (Wildman–Crippen LogP) is 8.03. The van der Waals surface area contributed by atoms with E-state index in [0.29, 0.717) is 22.6 Å². The maximum Gasteiger partial charge on any atom is 0.272 e. The monoisotopic (exact) mass is 625 g/mol. The molecule has 5 aromatic carbocycles. The van der Waals surface area contributed by atoms with Gasteiger partial charge in [0.2, 0.25) is 5.91 Å². The van der Waals surface area contributed by atoms with E-state index >= 15 is 0 Å². The highest BCUT2D eigenvalue weighted by molar-refractivity contribution is 8.00. The van der Waals surface area contributed by atoms with E-state index in [-0.39, 0.29) is 11.6 Å². The van der Waals surface area contributed by atoms with Crippen molar-refractivity contribution in [2.24, 2.45) is 0 Å². The Hall–Kier alpha value is -5.60. The summed E-state index contributed by atoms with van der Waals surface area (Å²) in [6.45, 7) is 1.88. The van der Waals surface area contributed by atoms with Crippen LogP contribution >= 0.6 is 11.8 Å². The third-order valence-electron chi connectivity index (χ3n) is 7.52. The van der Waals surface area contributed by atoms with Gasteiger partial charge in [-0.2, -0.15) is 0 Å². The van der Waals surface area contributed by atoms with Crippen LogP contribution in [-0.4, -0.2) is 34.6 Å².